The van der Waals surface area contributed by atoms with E-state index in [1.54, 1.807) is 19.4 Å². The van der Waals surface area contributed by atoms with E-state index >= 15 is 0 Å². The summed E-state index contributed by atoms with van der Waals surface area (Å²) in [5, 5.41) is 0. The van der Waals surface area contributed by atoms with Crippen molar-refractivity contribution in [2.75, 3.05) is 7.11 Å². The van der Waals surface area contributed by atoms with Gasteiger partial charge in [-0.15, -0.1) is 0 Å². The van der Waals surface area contributed by atoms with Gasteiger partial charge in [-0.2, -0.15) is 0 Å². The van der Waals surface area contributed by atoms with Crippen LogP contribution in [0.2, 0.25) is 0 Å². The molecule has 1 fully saturated rings. The minimum Gasteiger partial charge on any atom is -0.495 e. The molecule has 2 aliphatic rings. The first-order valence-corrected chi connectivity index (χ1v) is 5.55. The van der Waals surface area contributed by atoms with Crippen LogP contribution in [0.1, 0.15) is 30.0 Å². The molecule has 0 spiro atoms. The highest BCUT2D eigenvalue weighted by atomic mass is 16.5. The standard InChI is InChI=1S/C13H13NO2/c1-16-8-6-11-9-2-3-10(9)13(15)5-4-12(11)14-7-8/h4-7,9-10H,2-3H2,1H3/t9?,10-/m0/s1. The molecule has 0 aliphatic heterocycles. The first kappa shape index (κ1) is 9.58. The van der Waals surface area contributed by atoms with Gasteiger partial charge in [0.25, 0.3) is 0 Å². The molecule has 1 heterocycles. The van der Waals surface area contributed by atoms with Gasteiger partial charge in [0.1, 0.15) is 5.75 Å². The number of carbonyl (C=O) groups excluding carboxylic acids is 1. The molecular weight excluding hydrogens is 202 g/mol. The van der Waals surface area contributed by atoms with Crippen LogP contribution in [-0.2, 0) is 4.79 Å². The van der Waals surface area contributed by atoms with Crippen LogP contribution < -0.4 is 4.74 Å². The molecule has 3 rings (SSSR count). The van der Waals surface area contributed by atoms with Crippen molar-refractivity contribution in [3.8, 4) is 5.75 Å². The van der Waals surface area contributed by atoms with Crippen molar-refractivity contribution >= 4 is 11.9 Å². The lowest BCUT2D eigenvalue weighted by Crippen LogP contribution is -2.29. The Hall–Kier alpha value is -1.64. The summed E-state index contributed by atoms with van der Waals surface area (Å²) in [5.74, 6) is 1.53. The van der Waals surface area contributed by atoms with E-state index in [0.29, 0.717) is 5.92 Å². The first-order chi connectivity index (χ1) is 7.79. The molecule has 0 bridgehead atoms. The fourth-order valence-corrected chi connectivity index (χ4v) is 2.52. The summed E-state index contributed by atoms with van der Waals surface area (Å²) in [4.78, 5) is 16.1. The third-order valence-electron chi connectivity index (χ3n) is 3.60. The Balaban J connectivity index is 2.10. The molecule has 0 saturated heterocycles. The fourth-order valence-electron chi connectivity index (χ4n) is 2.52. The number of fused-ring (bicyclic) bond motifs is 3. The topological polar surface area (TPSA) is 39.2 Å². The van der Waals surface area contributed by atoms with Crippen molar-refractivity contribution in [3.05, 3.63) is 29.6 Å². The number of hydrogen-bond donors (Lipinski definition) is 0. The molecule has 16 heavy (non-hydrogen) atoms. The number of ketones is 1. The Bertz CT molecular complexity index is 479. The molecule has 3 heteroatoms. The number of nitrogens with zero attached hydrogens (tertiary/aromatic N) is 1. The van der Waals surface area contributed by atoms with Gasteiger partial charge >= 0.3 is 0 Å². The summed E-state index contributed by atoms with van der Waals surface area (Å²) < 4.78 is 5.18. The normalized spacial score (nSPS) is 26.4. The molecule has 82 valence electrons. The van der Waals surface area contributed by atoms with Gasteiger partial charge in [0, 0.05) is 5.92 Å². The highest BCUT2D eigenvalue weighted by Crippen LogP contribution is 2.46. The summed E-state index contributed by atoms with van der Waals surface area (Å²) in [5.41, 5.74) is 2.08. The average Bonchev–Trinajstić information content (AvgIpc) is 2.33. The van der Waals surface area contributed by atoms with E-state index in [1.165, 1.54) is 0 Å². The second-order valence-electron chi connectivity index (χ2n) is 4.38. The minimum atomic E-state index is 0.173. The second kappa shape index (κ2) is 3.44. The molecule has 0 aromatic carbocycles. The number of rotatable bonds is 1. The monoisotopic (exact) mass is 215 g/mol. The van der Waals surface area contributed by atoms with Crippen molar-refractivity contribution in [2.45, 2.75) is 18.8 Å². The Morgan fingerprint density at radius 1 is 1.31 bits per heavy atom. The number of hydrogen-bond acceptors (Lipinski definition) is 3. The third kappa shape index (κ3) is 1.28. The molecule has 0 radical (unpaired) electrons. The van der Waals surface area contributed by atoms with Crippen molar-refractivity contribution < 1.29 is 9.53 Å². The van der Waals surface area contributed by atoms with Crippen LogP contribution in [-0.4, -0.2) is 17.9 Å². The van der Waals surface area contributed by atoms with Gasteiger partial charge in [-0.1, -0.05) is 0 Å². The van der Waals surface area contributed by atoms with E-state index in [1.807, 2.05) is 12.1 Å². The first-order valence-electron chi connectivity index (χ1n) is 5.55. The fraction of sp³-hybridized carbons (Fsp3) is 0.385. The number of methoxy groups -OCH3 is 1. The lowest BCUT2D eigenvalue weighted by molar-refractivity contribution is -0.121. The van der Waals surface area contributed by atoms with Gasteiger partial charge in [0.05, 0.1) is 19.0 Å². The van der Waals surface area contributed by atoms with Gasteiger partial charge in [-0.25, -0.2) is 0 Å². The molecule has 1 aromatic heterocycles. The Morgan fingerprint density at radius 2 is 2.12 bits per heavy atom. The summed E-state index contributed by atoms with van der Waals surface area (Å²) in [6.45, 7) is 0. The van der Waals surface area contributed by atoms with Crippen LogP contribution in [0, 0.1) is 5.92 Å². The van der Waals surface area contributed by atoms with Gasteiger partial charge < -0.3 is 4.74 Å². The number of carbonyl (C=O) groups is 1. The van der Waals surface area contributed by atoms with Gasteiger partial charge in [0.15, 0.2) is 5.78 Å². The maximum Gasteiger partial charge on any atom is 0.159 e. The van der Waals surface area contributed by atoms with Crippen molar-refractivity contribution in [1.29, 1.82) is 0 Å². The van der Waals surface area contributed by atoms with Crippen molar-refractivity contribution in [2.24, 2.45) is 5.92 Å². The molecule has 1 saturated carbocycles. The summed E-state index contributed by atoms with van der Waals surface area (Å²) >= 11 is 0. The lowest BCUT2D eigenvalue weighted by atomic mass is 9.68. The number of pyridine rings is 1. The van der Waals surface area contributed by atoms with Crippen LogP contribution in [0.5, 0.6) is 5.75 Å². The second-order valence-corrected chi connectivity index (χ2v) is 4.38. The van der Waals surface area contributed by atoms with E-state index in [-0.39, 0.29) is 11.7 Å². The van der Waals surface area contributed by atoms with Crippen LogP contribution in [0.4, 0.5) is 0 Å². The third-order valence-corrected chi connectivity index (χ3v) is 3.60. The minimum absolute atomic E-state index is 0.173. The van der Waals surface area contributed by atoms with E-state index < -0.39 is 0 Å². The zero-order valence-corrected chi connectivity index (χ0v) is 9.14. The molecule has 2 aliphatic carbocycles. The largest absolute Gasteiger partial charge is 0.495 e. The summed E-state index contributed by atoms with van der Waals surface area (Å²) in [6.07, 6.45) is 7.29. The molecule has 1 aromatic rings. The molecule has 2 atom stereocenters. The molecule has 1 unspecified atom stereocenters. The maximum atomic E-state index is 11.8. The number of allylic oxidation sites excluding steroid dienone is 1. The van der Waals surface area contributed by atoms with Crippen LogP contribution in [0.15, 0.2) is 18.3 Å². The van der Waals surface area contributed by atoms with Crippen molar-refractivity contribution in [1.82, 2.24) is 4.98 Å². The van der Waals surface area contributed by atoms with E-state index in [4.69, 9.17) is 4.74 Å². The smallest absolute Gasteiger partial charge is 0.159 e. The number of ether oxygens (including phenoxy) is 1. The average molecular weight is 215 g/mol. The van der Waals surface area contributed by atoms with Crippen LogP contribution in [0.25, 0.3) is 6.08 Å². The highest BCUT2D eigenvalue weighted by Gasteiger charge is 2.39. The highest BCUT2D eigenvalue weighted by molar-refractivity contribution is 5.97. The Kier molecular flexibility index (Phi) is 2.06. The van der Waals surface area contributed by atoms with Gasteiger partial charge in [-0.05, 0) is 42.5 Å². The molecule has 0 N–H and O–H groups in total. The van der Waals surface area contributed by atoms with E-state index in [0.717, 1.165) is 29.8 Å². The SMILES string of the molecule is COc1cnc2c(c1)C1CC[C@@H]1C(=O)C=C2. The van der Waals surface area contributed by atoms with Crippen LogP contribution >= 0.6 is 0 Å². The summed E-state index contributed by atoms with van der Waals surface area (Å²) in [6, 6.07) is 2.02. The Morgan fingerprint density at radius 3 is 2.81 bits per heavy atom. The molecule has 0 amide bonds. The van der Waals surface area contributed by atoms with Crippen LogP contribution in [0.3, 0.4) is 0 Å². The lowest BCUT2D eigenvalue weighted by Gasteiger charge is -2.34. The number of aromatic nitrogens is 1. The van der Waals surface area contributed by atoms with Gasteiger partial charge in [-0.3, -0.25) is 9.78 Å². The molecular formula is C13H13NO2. The maximum absolute atomic E-state index is 11.8. The van der Waals surface area contributed by atoms with E-state index in [2.05, 4.69) is 4.98 Å². The predicted octanol–water partition coefficient (Wildman–Crippen LogP) is 2.18. The molecule has 3 nitrogen and oxygen atoms in total. The summed E-state index contributed by atoms with van der Waals surface area (Å²) in [7, 11) is 1.64. The van der Waals surface area contributed by atoms with E-state index in [9.17, 15) is 4.79 Å². The zero-order valence-electron chi connectivity index (χ0n) is 9.14. The quantitative estimate of drug-likeness (QED) is 0.720. The zero-order chi connectivity index (χ0) is 11.1. The predicted molar refractivity (Wildman–Crippen MR) is 60.3 cm³/mol. The van der Waals surface area contributed by atoms with Gasteiger partial charge in [0.2, 0.25) is 0 Å². The Labute approximate surface area is 94.1 Å². The van der Waals surface area contributed by atoms with Crippen molar-refractivity contribution in [3.63, 3.8) is 0 Å².